The Balaban J connectivity index is 1.47. The first-order valence-electron chi connectivity index (χ1n) is 8.94. The van der Waals surface area contributed by atoms with E-state index in [-0.39, 0.29) is 11.7 Å². The average molecular weight is 431 g/mol. The molecule has 0 aliphatic carbocycles. The van der Waals surface area contributed by atoms with Gasteiger partial charge in [0.2, 0.25) is 0 Å². The summed E-state index contributed by atoms with van der Waals surface area (Å²) in [6.45, 7) is 1.85. The fraction of sp³-hybridized carbons (Fsp3) is 0.238. The van der Waals surface area contributed by atoms with Crippen LogP contribution >= 0.6 is 34.9 Å². The smallest absolute Gasteiger partial charge is 0.267 e. The number of thioether (sulfide) groups is 2. The van der Waals surface area contributed by atoms with E-state index in [4.69, 9.17) is 0 Å². The van der Waals surface area contributed by atoms with Crippen molar-refractivity contribution in [3.05, 3.63) is 81.1 Å². The molecule has 1 fully saturated rings. The van der Waals surface area contributed by atoms with Crippen LogP contribution in [0.15, 0.2) is 48.5 Å². The van der Waals surface area contributed by atoms with E-state index in [1.165, 1.54) is 40.5 Å². The summed E-state index contributed by atoms with van der Waals surface area (Å²) in [5.74, 6) is 1.95. The highest BCUT2D eigenvalue weighted by molar-refractivity contribution is 8.19. The van der Waals surface area contributed by atoms with E-state index in [9.17, 15) is 9.18 Å². The summed E-state index contributed by atoms with van der Waals surface area (Å²) in [5, 5.41) is 3.86. The van der Waals surface area contributed by atoms with Gasteiger partial charge in [0, 0.05) is 23.6 Å². The Morgan fingerprint density at radius 1 is 1.18 bits per heavy atom. The number of nitrogens with one attached hydrogen (secondary N) is 1. The molecule has 28 heavy (non-hydrogen) atoms. The number of carbonyl (C=O) groups excluding carboxylic acids is 1. The van der Waals surface area contributed by atoms with E-state index < -0.39 is 0 Å². The number of aromatic nitrogens is 1. The number of aryl methyl sites for hydroxylation is 1. The molecule has 7 heteroatoms. The summed E-state index contributed by atoms with van der Waals surface area (Å²) >= 11 is 5.28. The SMILES string of the molecule is Cc1nc(Cc2ccc(F)cc2)sc1C(=O)Nc1cccc(C2SCCS2)c1. The standard InChI is InChI=1S/C21H19FN2OS3/c1-13-19(28-18(23-13)11-14-5-7-16(22)8-6-14)20(25)24-17-4-2-3-15(12-17)21-26-9-10-27-21/h2-8,12,21H,9-11H2,1H3,(H,24,25). The maximum atomic E-state index is 13.1. The van der Waals surface area contributed by atoms with Crippen LogP contribution in [0.1, 0.15) is 36.1 Å². The van der Waals surface area contributed by atoms with Gasteiger partial charge in [-0.3, -0.25) is 4.79 Å². The Kier molecular flexibility index (Phi) is 6.04. The number of nitrogens with zero attached hydrogens (tertiary/aromatic N) is 1. The molecule has 3 aromatic rings. The van der Waals surface area contributed by atoms with Crippen molar-refractivity contribution < 1.29 is 9.18 Å². The monoisotopic (exact) mass is 430 g/mol. The number of hydrogen-bond donors (Lipinski definition) is 1. The van der Waals surface area contributed by atoms with Gasteiger partial charge in [-0.1, -0.05) is 24.3 Å². The zero-order valence-electron chi connectivity index (χ0n) is 15.3. The molecule has 3 nitrogen and oxygen atoms in total. The van der Waals surface area contributed by atoms with E-state index in [0.717, 1.165) is 22.0 Å². The number of hydrogen-bond acceptors (Lipinski definition) is 5. The lowest BCUT2D eigenvalue weighted by Gasteiger charge is -2.11. The molecule has 0 spiro atoms. The van der Waals surface area contributed by atoms with Crippen molar-refractivity contribution in [3.8, 4) is 0 Å². The maximum Gasteiger partial charge on any atom is 0.267 e. The van der Waals surface area contributed by atoms with Crippen LogP contribution in [-0.2, 0) is 6.42 Å². The van der Waals surface area contributed by atoms with Gasteiger partial charge in [0.15, 0.2) is 0 Å². The summed E-state index contributed by atoms with van der Waals surface area (Å²) in [4.78, 5) is 17.9. The lowest BCUT2D eigenvalue weighted by Crippen LogP contribution is -2.11. The minimum absolute atomic E-state index is 0.135. The summed E-state index contributed by atoms with van der Waals surface area (Å²) in [6.07, 6.45) is 0.588. The third-order valence-corrected chi connectivity index (χ3v) is 8.61. The third kappa shape index (κ3) is 4.59. The lowest BCUT2D eigenvalue weighted by atomic mass is 10.1. The fourth-order valence-electron chi connectivity index (χ4n) is 3.02. The van der Waals surface area contributed by atoms with Gasteiger partial charge in [-0.2, -0.15) is 0 Å². The molecule has 0 bridgehead atoms. The van der Waals surface area contributed by atoms with Crippen LogP contribution in [-0.4, -0.2) is 22.4 Å². The van der Waals surface area contributed by atoms with Crippen LogP contribution in [0.3, 0.4) is 0 Å². The van der Waals surface area contributed by atoms with Crippen LogP contribution in [0.2, 0.25) is 0 Å². The molecular weight excluding hydrogens is 411 g/mol. The van der Waals surface area contributed by atoms with E-state index in [2.05, 4.69) is 22.4 Å². The Labute approximate surface area is 176 Å². The minimum Gasteiger partial charge on any atom is -0.321 e. The van der Waals surface area contributed by atoms with Crippen LogP contribution in [0.5, 0.6) is 0 Å². The van der Waals surface area contributed by atoms with Crippen molar-refractivity contribution in [2.24, 2.45) is 0 Å². The molecule has 144 valence electrons. The van der Waals surface area contributed by atoms with Crippen molar-refractivity contribution in [2.45, 2.75) is 17.9 Å². The van der Waals surface area contributed by atoms with Crippen molar-refractivity contribution in [3.63, 3.8) is 0 Å². The Bertz CT molecular complexity index is 982. The van der Waals surface area contributed by atoms with E-state index in [1.54, 1.807) is 12.1 Å². The summed E-state index contributed by atoms with van der Waals surface area (Å²) in [6, 6.07) is 14.5. The van der Waals surface area contributed by atoms with Gasteiger partial charge in [0.05, 0.1) is 15.3 Å². The number of benzene rings is 2. The fourth-order valence-corrected chi connectivity index (χ4v) is 6.85. The molecule has 2 heterocycles. The molecule has 4 rings (SSSR count). The molecule has 1 aliphatic rings. The van der Waals surface area contributed by atoms with Crippen LogP contribution < -0.4 is 5.32 Å². The molecule has 0 unspecified atom stereocenters. The topological polar surface area (TPSA) is 42.0 Å². The second-order valence-electron chi connectivity index (χ2n) is 6.48. The first-order chi connectivity index (χ1) is 13.6. The highest BCUT2D eigenvalue weighted by Gasteiger charge is 2.20. The largest absolute Gasteiger partial charge is 0.321 e. The van der Waals surface area contributed by atoms with Gasteiger partial charge in [0.1, 0.15) is 10.7 Å². The molecule has 1 aliphatic heterocycles. The molecular formula is C21H19FN2OS3. The maximum absolute atomic E-state index is 13.1. The molecule has 2 aromatic carbocycles. The Morgan fingerprint density at radius 2 is 1.93 bits per heavy atom. The van der Waals surface area contributed by atoms with E-state index >= 15 is 0 Å². The quantitative estimate of drug-likeness (QED) is 0.546. The first-order valence-corrected chi connectivity index (χ1v) is 11.8. The van der Waals surface area contributed by atoms with Crippen LogP contribution in [0.4, 0.5) is 10.1 Å². The van der Waals surface area contributed by atoms with Gasteiger partial charge in [0.25, 0.3) is 5.91 Å². The normalized spacial score (nSPS) is 14.4. The third-order valence-electron chi connectivity index (χ3n) is 4.35. The summed E-state index contributed by atoms with van der Waals surface area (Å²) in [5.41, 5.74) is 3.74. The van der Waals surface area contributed by atoms with E-state index in [0.29, 0.717) is 15.9 Å². The van der Waals surface area contributed by atoms with Gasteiger partial charge in [-0.15, -0.1) is 34.9 Å². The zero-order chi connectivity index (χ0) is 19.5. The zero-order valence-corrected chi connectivity index (χ0v) is 17.7. The molecule has 1 amide bonds. The average Bonchev–Trinajstić information content (AvgIpc) is 3.34. The Morgan fingerprint density at radius 3 is 2.68 bits per heavy atom. The second kappa shape index (κ2) is 8.68. The molecule has 1 saturated heterocycles. The molecule has 0 atom stereocenters. The predicted octanol–water partition coefficient (Wildman–Crippen LogP) is 5.91. The second-order valence-corrected chi connectivity index (χ2v) is 10.3. The highest BCUT2D eigenvalue weighted by atomic mass is 32.2. The van der Waals surface area contributed by atoms with Gasteiger partial charge < -0.3 is 5.32 Å². The number of halogens is 1. The predicted molar refractivity (Wildman–Crippen MR) is 118 cm³/mol. The van der Waals surface area contributed by atoms with Crippen molar-refractivity contribution in [2.75, 3.05) is 16.8 Å². The first kappa shape index (κ1) is 19.5. The number of rotatable bonds is 5. The summed E-state index contributed by atoms with van der Waals surface area (Å²) < 4.78 is 13.5. The Hall–Kier alpha value is -1.83. The van der Waals surface area contributed by atoms with Crippen LogP contribution in [0.25, 0.3) is 0 Å². The molecule has 0 saturated carbocycles. The molecule has 1 aromatic heterocycles. The lowest BCUT2D eigenvalue weighted by molar-refractivity contribution is 0.103. The summed E-state index contributed by atoms with van der Waals surface area (Å²) in [7, 11) is 0. The van der Waals surface area contributed by atoms with Gasteiger partial charge >= 0.3 is 0 Å². The molecule has 0 radical (unpaired) electrons. The number of amides is 1. The number of anilines is 1. The number of thiazole rings is 1. The molecule has 1 N–H and O–H groups in total. The van der Waals surface area contributed by atoms with Gasteiger partial charge in [-0.05, 0) is 42.3 Å². The van der Waals surface area contributed by atoms with Gasteiger partial charge in [-0.25, -0.2) is 9.37 Å². The van der Waals surface area contributed by atoms with Crippen LogP contribution in [0, 0.1) is 12.7 Å². The van der Waals surface area contributed by atoms with E-state index in [1.807, 2.05) is 42.6 Å². The number of carbonyl (C=O) groups is 1. The highest BCUT2D eigenvalue weighted by Crippen LogP contribution is 2.45. The minimum atomic E-state index is -0.254. The van der Waals surface area contributed by atoms with Crippen molar-refractivity contribution >= 4 is 46.5 Å². The van der Waals surface area contributed by atoms with Crippen molar-refractivity contribution in [1.29, 1.82) is 0 Å². The van der Waals surface area contributed by atoms with Crippen molar-refractivity contribution in [1.82, 2.24) is 4.98 Å².